The Bertz CT molecular complexity index is 1040. The number of primary amides is 1. The minimum atomic E-state index is -0.478. The number of nitrogens with two attached hydrogens (primary N) is 1. The zero-order valence-electron chi connectivity index (χ0n) is 19.0. The fraction of sp³-hybridized carbons (Fsp3) is 0.458. The average Bonchev–Trinajstić information content (AvgIpc) is 2.80. The molecule has 4 rings (SSSR count). The first kappa shape index (κ1) is 22.8. The highest BCUT2D eigenvalue weighted by Crippen LogP contribution is 2.27. The number of aromatic amines is 1. The molecule has 2 aromatic rings. The number of rotatable bonds is 6. The minimum Gasteiger partial charge on any atom is -0.381 e. The number of amides is 2. The van der Waals surface area contributed by atoms with Crippen LogP contribution < -0.4 is 26.8 Å². The van der Waals surface area contributed by atoms with Gasteiger partial charge in [0.15, 0.2) is 0 Å². The van der Waals surface area contributed by atoms with Gasteiger partial charge in [-0.2, -0.15) is 0 Å². The third-order valence-corrected chi connectivity index (χ3v) is 6.62. The highest BCUT2D eigenvalue weighted by molar-refractivity contribution is 6.07. The Morgan fingerprint density at radius 3 is 2.48 bits per heavy atom. The fourth-order valence-corrected chi connectivity index (χ4v) is 4.64. The first-order chi connectivity index (χ1) is 15.9. The summed E-state index contributed by atoms with van der Waals surface area (Å²) >= 11 is 0. The lowest BCUT2D eigenvalue weighted by molar-refractivity contribution is -0.122. The predicted molar refractivity (Wildman–Crippen MR) is 130 cm³/mol. The summed E-state index contributed by atoms with van der Waals surface area (Å²) in [6, 6.07) is 9.35. The maximum absolute atomic E-state index is 13.0. The number of nitrogens with one attached hydrogen (secondary N) is 3. The molecule has 1 aliphatic carbocycles. The predicted octanol–water partition coefficient (Wildman–Crippen LogP) is 1.84. The maximum Gasteiger partial charge on any atom is 0.263 e. The van der Waals surface area contributed by atoms with E-state index < -0.39 is 11.5 Å². The molecule has 0 spiro atoms. The van der Waals surface area contributed by atoms with E-state index in [1.165, 1.54) is 6.20 Å². The van der Waals surface area contributed by atoms with Crippen LogP contribution in [0.1, 0.15) is 36.0 Å². The van der Waals surface area contributed by atoms with Gasteiger partial charge in [0, 0.05) is 55.7 Å². The van der Waals surface area contributed by atoms with E-state index in [-0.39, 0.29) is 23.4 Å². The molecular weight excluding hydrogens is 420 g/mol. The number of hydrogen-bond acceptors (Lipinski definition) is 6. The van der Waals surface area contributed by atoms with Crippen LogP contribution in [0.15, 0.2) is 41.3 Å². The minimum absolute atomic E-state index is 0.0209. The van der Waals surface area contributed by atoms with E-state index in [2.05, 4.69) is 32.5 Å². The summed E-state index contributed by atoms with van der Waals surface area (Å²) in [6.07, 6.45) is 4.61. The van der Waals surface area contributed by atoms with Gasteiger partial charge in [0.1, 0.15) is 5.56 Å². The van der Waals surface area contributed by atoms with Crippen molar-refractivity contribution in [3.05, 3.63) is 52.4 Å². The molecule has 2 heterocycles. The van der Waals surface area contributed by atoms with Gasteiger partial charge in [-0.1, -0.05) is 6.42 Å². The number of aromatic nitrogens is 1. The monoisotopic (exact) mass is 452 g/mol. The van der Waals surface area contributed by atoms with Crippen LogP contribution in [0, 0.1) is 5.92 Å². The Labute approximate surface area is 193 Å². The molecule has 9 nitrogen and oxygen atoms in total. The summed E-state index contributed by atoms with van der Waals surface area (Å²) in [7, 11) is 2.12. The van der Waals surface area contributed by atoms with Crippen LogP contribution in [-0.4, -0.2) is 61.0 Å². The Balaban J connectivity index is 1.45. The molecule has 1 saturated heterocycles. The number of hydrogen-bond donors (Lipinski definition) is 4. The van der Waals surface area contributed by atoms with E-state index in [4.69, 9.17) is 5.73 Å². The van der Waals surface area contributed by atoms with Gasteiger partial charge in [-0.25, -0.2) is 0 Å². The number of benzene rings is 1. The highest BCUT2D eigenvalue weighted by atomic mass is 16.2. The Hall–Kier alpha value is -3.33. The van der Waals surface area contributed by atoms with Gasteiger partial charge in [0.25, 0.3) is 11.5 Å². The van der Waals surface area contributed by atoms with Crippen LogP contribution in [0.3, 0.4) is 0 Å². The molecule has 1 aromatic carbocycles. The topological polar surface area (TPSA) is 124 Å². The molecular formula is C24H32N6O3. The van der Waals surface area contributed by atoms with Crippen LogP contribution in [0.5, 0.6) is 0 Å². The summed E-state index contributed by atoms with van der Waals surface area (Å²) in [5.41, 5.74) is 7.25. The summed E-state index contributed by atoms with van der Waals surface area (Å²) in [5.74, 6) is -0.964. The number of pyridine rings is 1. The van der Waals surface area contributed by atoms with Crippen molar-refractivity contribution in [2.75, 3.05) is 48.8 Å². The van der Waals surface area contributed by atoms with Crippen molar-refractivity contribution in [3.63, 3.8) is 0 Å². The van der Waals surface area contributed by atoms with Crippen LogP contribution >= 0.6 is 0 Å². The number of H-pyrrole nitrogens is 1. The zero-order chi connectivity index (χ0) is 23.4. The van der Waals surface area contributed by atoms with E-state index >= 15 is 0 Å². The van der Waals surface area contributed by atoms with Gasteiger partial charge < -0.3 is 31.2 Å². The van der Waals surface area contributed by atoms with Crippen molar-refractivity contribution < 1.29 is 9.59 Å². The largest absolute Gasteiger partial charge is 0.381 e. The summed E-state index contributed by atoms with van der Waals surface area (Å²) in [5, 5.41) is 6.14. The number of carbonyl (C=O) groups is 2. The van der Waals surface area contributed by atoms with Crippen molar-refractivity contribution in [3.8, 4) is 0 Å². The highest BCUT2D eigenvalue weighted by Gasteiger charge is 2.27. The lowest BCUT2D eigenvalue weighted by Gasteiger charge is -2.34. The molecule has 1 aromatic heterocycles. The van der Waals surface area contributed by atoms with Crippen molar-refractivity contribution in [2.24, 2.45) is 11.7 Å². The summed E-state index contributed by atoms with van der Waals surface area (Å²) < 4.78 is 0. The summed E-state index contributed by atoms with van der Waals surface area (Å²) in [6.45, 7) is 3.97. The van der Waals surface area contributed by atoms with E-state index in [9.17, 15) is 14.4 Å². The molecule has 0 bridgehead atoms. The van der Waals surface area contributed by atoms with E-state index in [0.29, 0.717) is 17.8 Å². The smallest absolute Gasteiger partial charge is 0.263 e. The van der Waals surface area contributed by atoms with E-state index in [0.717, 1.165) is 51.1 Å². The Morgan fingerprint density at radius 1 is 1.06 bits per heavy atom. The molecule has 1 saturated carbocycles. The lowest BCUT2D eigenvalue weighted by atomic mass is 9.85. The van der Waals surface area contributed by atoms with Gasteiger partial charge >= 0.3 is 0 Å². The number of anilines is 3. The van der Waals surface area contributed by atoms with Crippen molar-refractivity contribution in [2.45, 2.75) is 31.7 Å². The van der Waals surface area contributed by atoms with E-state index in [1.54, 1.807) is 6.07 Å². The van der Waals surface area contributed by atoms with Crippen LogP contribution in [0.2, 0.25) is 0 Å². The van der Waals surface area contributed by atoms with Crippen LogP contribution in [-0.2, 0) is 4.79 Å². The number of carbonyl (C=O) groups excluding carboxylic acids is 2. The second kappa shape index (κ2) is 10.1. The van der Waals surface area contributed by atoms with Crippen LogP contribution in [0.4, 0.5) is 17.1 Å². The lowest BCUT2D eigenvalue weighted by Crippen LogP contribution is -2.44. The SMILES string of the molecule is CN1CCN(c2ccc(NC(=O)c3c(NC4CCCC(C(N)=O)C4)cc[nH]c3=O)cc2)CC1. The maximum atomic E-state index is 13.0. The first-order valence-corrected chi connectivity index (χ1v) is 11.5. The Kier molecular flexibility index (Phi) is 6.98. The van der Waals surface area contributed by atoms with Gasteiger partial charge in [0.05, 0.1) is 5.69 Å². The number of piperazine rings is 1. The third-order valence-electron chi connectivity index (χ3n) is 6.62. The van der Waals surface area contributed by atoms with Crippen molar-refractivity contribution in [1.82, 2.24) is 9.88 Å². The van der Waals surface area contributed by atoms with Crippen molar-refractivity contribution in [1.29, 1.82) is 0 Å². The molecule has 1 aliphatic heterocycles. The molecule has 176 valence electrons. The molecule has 2 amide bonds. The van der Waals surface area contributed by atoms with Crippen molar-refractivity contribution >= 4 is 28.9 Å². The normalized spacial score (nSPS) is 21.4. The quantitative estimate of drug-likeness (QED) is 0.530. The van der Waals surface area contributed by atoms with Gasteiger partial charge in [-0.3, -0.25) is 14.4 Å². The first-order valence-electron chi connectivity index (χ1n) is 11.5. The van der Waals surface area contributed by atoms with Gasteiger partial charge in [0.2, 0.25) is 5.91 Å². The van der Waals surface area contributed by atoms with Crippen LogP contribution in [0.25, 0.3) is 0 Å². The molecule has 2 aliphatic rings. The van der Waals surface area contributed by atoms with Gasteiger partial charge in [-0.05, 0) is 56.6 Å². The second-order valence-corrected chi connectivity index (χ2v) is 8.99. The third kappa shape index (κ3) is 5.54. The average molecular weight is 453 g/mol. The second-order valence-electron chi connectivity index (χ2n) is 8.99. The molecule has 0 radical (unpaired) electrons. The van der Waals surface area contributed by atoms with E-state index in [1.807, 2.05) is 24.3 Å². The molecule has 2 unspecified atom stereocenters. The number of likely N-dealkylation sites (N-methyl/N-ethyl adjacent to an activating group) is 1. The molecule has 33 heavy (non-hydrogen) atoms. The van der Waals surface area contributed by atoms with Gasteiger partial charge in [-0.15, -0.1) is 0 Å². The molecule has 2 atom stereocenters. The fourth-order valence-electron chi connectivity index (χ4n) is 4.64. The number of nitrogens with zero attached hydrogens (tertiary/aromatic N) is 2. The Morgan fingerprint density at radius 2 is 1.79 bits per heavy atom. The zero-order valence-corrected chi connectivity index (χ0v) is 19.0. The molecule has 5 N–H and O–H groups in total. The molecule has 9 heteroatoms. The summed E-state index contributed by atoms with van der Waals surface area (Å²) in [4.78, 5) is 44.4. The standard InChI is InChI=1S/C24H32N6O3/c1-29-11-13-30(14-12-29)19-7-5-17(6-8-19)28-24(33)21-20(9-10-26-23(21)32)27-18-4-2-3-16(15-18)22(25)31/h5-10,16,18H,2-4,11-15H2,1H3,(H2,25,31)(H,28,33)(H2,26,27,32). The molecule has 2 fully saturated rings.